The van der Waals surface area contributed by atoms with Crippen molar-refractivity contribution < 1.29 is 11.4 Å². The van der Waals surface area contributed by atoms with Gasteiger partial charge in [-0.25, -0.2) is 4.98 Å². The van der Waals surface area contributed by atoms with Crippen molar-refractivity contribution in [2.24, 2.45) is 10.9 Å². The molecule has 0 spiro atoms. The van der Waals surface area contributed by atoms with Crippen LogP contribution in [0.5, 0.6) is 11.5 Å². The molecule has 5 nitrogen and oxygen atoms in total. The van der Waals surface area contributed by atoms with Crippen molar-refractivity contribution in [1.82, 2.24) is 4.98 Å². The number of hydrogen-bond donors (Lipinski definition) is 0. The van der Waals surface area contributed by atoms with E-state index >= 15 is 0 Å². The highest BCUT2D eigenvalue weighted by Crippen LogP contribution is 2.31. The number of dihydropyridines is 1. The minimum absolute atomic E-state index is 0.124. The summed E-state index contributed by atoms with van der Waals surface area (Å²) in [6.45, 7) is 3.98. The Kier molecular flexibility index (Phi) is 6.83. The van der Waals surface area contributed by atoms with Gasteiger partial charge in [-0.2, -0.15) is 0 Å². The minimum atomic E-state index is -2.80. The number of hydrogen-bond acceptors (Lipinski definition) is 5. The maximum absolute atomic E-state index is 6.55. The summed E-state index contributed by atoms with van der Waals surface area (Å²) in [7, 11) is 0. The molecule has 1 aliphatic carbocycles. The van der Waals surface area contributed by atoms with Gasteiger partial charge in [0.25, 0.3) is 0 Å². The summed E-state index contributed by atoms with van der Waals surface area (Å²) in [5.74, 6) is 2.25. The maximum atomic E-state index is 6.55. The van der Waals surface area contributed by atoms with Gasteiger partial charge in [-0.3, -0.25) is 4.99 Å². The molecule has 2 heterocycles. The van der Waals surface area contributed by atoms with E-state index in [4.69, 9.17) is 21.3 Å². The van der Waals surface area contributed by atoms with Crippen molar-refractivity contribution >= 4 is 31.8 Å². The van der Waals surface area contributed by atoms with Crippen molar-refractivity contribution in [3.05, 3.63) is 127 Å². The van der Waals surface area contributed by atoms with Gasteiger partial charge in [-0.1, -0.05) is 78.9 Å². The second-order valence-electron chi connectivity index (χ2n) is 9.42. The lowest BCUT2D eigenvalue weighted by Gasteiger charge is -2.29. The van der Waals surface area contributed by atoms with Gasteiger partial charge in [0.2, 0.25) is 0 Å². The highest BCUT2D eigenvalue weighted by atomic mass is 27.3. The molecule has 1 aromatic heterocycles. The summed E-state index contributed by atoms with van der Waals surface area (Å²) in [5, 5.41) is 1.01. The van der Waals surface area contributed by atoms with Crippen LogP contribution in [-0.4, -0.2) is 31.9 Å². The predicted octanol–water partition coefficient (Wildman–Crippen LogP) is 7.14. The molecule has 0 N–H and O–H groups in total. The zero-order valence-electron chi connectivity index (χ0n) is 21.3. The molecule has 2 aliphatic rings. The molecular formula is C32H27AlN2O3. The van der Waals surface area contributed by atoms with Crippen LogP contribution in [0, 0.1) is 12.8 Å². The average Bonchev–Trinajstić information content (AvgIpc) is 2.94. The van der Waals surface area contributed by atoms with Crippen molar-refractivity contribution in [1.29, 1.82) is 0 Å². The second kappa shape index (κ2) is 10.7. The summed E-state index contributed by atoms with van der Waals surface area (Å²) in [4.78, 5) is 9.58. The summed E-state index contributed by atoms with van der Waals surface area (Å²) in [5.41, 5.74) is 4.96. The summed E-state index contributed by atoms with van der Waals surface area (Å²) in [6.07, 6.45) is 10.3. The number of pyridine rings is 1. The molecule has 6 heteroatoms. The first-order chi connectivity index (χ1) is 18.6. The van der Waals surface area contributed by atoms with Gasteiger partial charge in [0.1, 0.15) is 17.3 Å². The predicted molar refractivity (Wildman–Crippen MR) is 153 cm³/mol. The third-order valence-corrected chi connectivity index (χ3v) is 8.00. The normalized spacial score (nSPS) is 17.8. The van der Waals surface area contributed by atoms with Gasteiger partial charge in [-0.05, 0) is 61.4 Å². The third-order valence-electron chi connectivity index (χ3n) is 6.62. The van der Waals surface area contributed by atoms with E-state index in [1.54, 1.807) is 0 Å². The van der Waals surface area contributed by atoms with Gasteiger partial charge in [0.15, 0.2) is 0 Å². The molecule has 0 fully saturated rings. The number of para-hydroxylation sites is 1. The molecule has 4 aromatic rings. The topological polar surface area (TPSA) is 52.9 Å². The number of allylic oxidation sites excluding steroid dienone is 3. The molecule has 186 valence electrons. The average molecular weight is 515 g/mol. The molecule has 6 rings (SSSR count). The molecule has 1 aliphatic heterocycles. The Balaban J connectivity index is 1.31. The molecule has 3 aromatic carbocycles. The monoisotopic (exact) mass is 514 g/mol. The Hall–Kier alpha value is -4.11. The molecule has 0 bridgehead atoms. The summed E-state index contributed by atoms with van der Waals surface area (Å²) >= 11 is -2.80. The van der Waals surface area contributed by atoms with Crippen molar-refractivity contribution in [2.45, 2.75) is 19.9 Å². The lowest BCUT2D eigenvalue weighted by atomic mass is 9.91. The lowest BCUT2D eigenvalue weighted by Crippen LogP contribution is -2.37. The molecule has 0 saturated heterocycles. The summed E-state index contributed by atoms with van der Waals surface area (Å²) in [6, 6.07) is 28.1. The molecule has 2 unspecified atom stereocenters. The number of aliphatic imine (C=N–C) groups is 1. The highest BCUT2D eigenvalue weighted by molar-refractivity contribution is 6.39. The molecule has 2 atom stereocenters. The Morgan fingerprint density at radius 3 is 2.39 bits per heavy atom. The molecule has 0 amide bonds. The fraction of sp³-hybridized carbons (Fsp3) is 0.125. The minimum Gasteiger partial charge on any atom is -0.579 e. The van der Waals surface area contributed by atoms with Crippen LogP contribution < -0.4 is 7.58 Å². The van der Waals surface area contributed by atoms with E-state index in [9.17, 15) is 0 Å². The SMILES string of the molecule is CC1=NC2C([O][Al]([O]c3ccc(-c4ccccc4)cc3)[O]c3cccc4ccc(C)nc34)=CC=CC2C=C1. The maximum Gasteiger partial charge on any atom is 1.20 e. The Labute approximate surface area is 227 Å². The second-order valence-corrected chi connectivity index (χ2v) is 10.7. The third kappa shape index (κ3) is 5.28. The van der Waals surface area contributed by atoms with E-state index in [0.717, 1.165) is 39.2 Å². The smallest absolute Gasteiger partial charge is 0.579 e. The number of benzene rings is 3. The van der Waals surface area contributed by atoms with Crippen LogP contribution in [0.2, 0.25) is 0 Å². The fourth-order valence-corrected chi connectivity index (χ4v) is 6.04. The number of rotatable bonds is 7. The van der Waals surface area contributed by atoms with Crippen LogP contribution in [0.15, 0.2) is 126 Å². The standard InChI is InChI=1S/C12H10O.C10H11NO.C10H9NO.Al/c13-12-8-6-11(7-9-12)10-4-2-1-3-5-10;2*1-7-5-6-8-3-2-4-9(12)10(8)11-7;/h1-9,13H;2-6,8,10,12H,1H3;2-6,12H,1H3;/q;;;+3/p-3. The lowest BCUT2D eigenvalue weighted by molar-refractivity contribution is 0.237. The van der Waals surface area contributed by atoms with Crippen molar-refractivity contribution in [3.8, 4) is 22.6 Å². The number of nitrogens with zero attached hydrogens (tertiary/aromatic N) is 2. The Bertz CT molecular complexity index is 1580. The first-order valence-corrected chi connectivity index (χ1v) is 14.2. The largest absolute Gasteiger partial charge is 1.20 e. The van der Waals surface area contributed by atoms with Crippen LogP contribution in [0.4, 0.5) is 0 Å². The van der Waals surface area contributed by atoms with Gasteiger partial charge in [0.05, 0.1) is 11.5 Å². The Morgan fingerprint density at radius 2 is 1.55 bits per heavy atom. The van der Waals surface area contributed by atoms with Crippen LogP contribution >= 0.6 is 0 Å². The van der Waals surface area contributed by atoms with Crippen LogP contribution in [0.1, 0.15) is 12.6 Å². The molecular weight excluding hydrogens is 487 g/mol. The number of fused-ring (bicyclic) bond motifs is 2. The first kappa shape index (κ1) is 24.2. The van der Waals surface area contributed by atoms with Gasteiger partial charge in [0, 0.05) is 22.7 Å². The van der Waals surface area contributed by atoms with Gasteiger partial charge in [-0.15, -0.1) is 0 Å². The number of aryl methyl sites for hydroxylation is 1. The van der Waals surface area contributed by atoms with E-state index < -0.39 is 15.1 Å². The van der Waals surface area contributed by atoms with E-state index in [2.05, 4.69) is 48.6 Å². The van der Waals surface area contributed by atoms with E-state index in [0.29, 0.717) is 11.5 Å². The number of aromatic nitrogens is 1. The van der Waals surface area contributed by atoms with Gasteiger partial charge < -0.3 is 11.4 Å². The molecule has 0 saturated carbocycles. The Morgan fingerprint density at radius 1 is 0.737 bits per heavy atom. The van der Waals surface area contributed by atoms with Gasteiger partial charge >= 0.3 is 15.1 Å². The van der Waals surface area contributed by atoms with E-state index in [-0.39, 0.29) is 12.0 Å². The van der Waals surface area contributed by atoms with Crippen LogP contribution in [0.25, 0.3) is 22.0 Å². The highest BCUT2D eigenvalue weighted by Gasteiger charge is 2.47. The quantitative estimate of drug-likeness (QED) is 0.246. The van der Waals surface area contributed by atoms with Crippen molar-refractivity contribution in [3.63, 3.8) is 0 Å². The zero-order valence-corrected chi connectivity index (χ0v) is 22.5. The summed E-state index contributed by atoms with van der Waals surface area (Å²) < 4.78 is 19.5. The molecule has 0 radical (unpaired) electrons. The van der Waals surface area contributed by atoms with Crippen molar-refractivity contribution in [2.75, 3.05) is 0 Å². The zero-order chi connectivity index (χ0) is 25.9. The van der Waals surface area contributed by atoms with E-state index in [1.165, 1.54) is 0 Å². The molecule has 38 heavy (non-hydrogen) atoms. The van der Waals surface area contributed by atoms with E-state index in [1.807, 2.05) is 80.6 Å². The van der Waals surface area contributed by atoms with Crippen LogP contribution in [0.3, 0.4) is 0 Å². The van der Waals surface area contributed by atoms with Crippen LogP contribution in [-0.2, 0) is 3.79 Å². The first-order valence-electron chi connectivity index (χ1n) is 12.8. The fourth-order valence-electron chi connectivity index (χ4n) is 4.68.